The predicted octanol–water partition coefficient (Wildman–Crippen LogP) is 5.21. The quantitative estimate of drug-likeness (QED) is 0.694. The van der Waals surface area contributed by atoms with Crippen LogP contribution in [0.5, 0.6) is 0 Å². The van der Waals surface area contributed by atoms with E-state index < -0.39 is 0 Å². The van der Waals surface area contributed by atoms with Crippen molar-refractivity contribution in [1.82, 2.24) is 0 Å². The van der Waals surface area contributed by atoms with Gasteiger partial charge in [-0.3, -0.25) is 0 Å². The molecule has 6 rings (SSSR count). The summed E-state index contributed by atoms with van der Waals surface area (Å²) in [6.45, 7) is 5.06. The van der Waals surface area contributed by atoms with E-state index in [2.05, 4.69) is 50.3 Å². The number of epoxide rings is 1. The summed E-state index contributed by atoms with van der Waals surface area (Å²) in [5.41, 5.74) is 3.64. The van der Waals surface area contributed by atoms with Crippen LogP contribution in [0.3, 0.4) is 0 Å². The van der Waals surface area contributed by atoms with Crippen molar-refractivity contribution < 1.29 is 9.84 Å². The molecule has 1 saturated heterocycles. The number of fused-ring (bicyclic) bond motifs is 4. The fourth-order valence-electron chi connectivity index (χ4n) is 8.29. The van der Waals surface area contributed by atoms with Crippen LogP contribution >= 0.6 is 0 Å². The number of allylic oxidation sites excluding steroid dienone is 2. The van der Waals surface area contributed by atoms with Gasteiger partial charge in [-0.05, 0) is 72.8 Å². The number of hydrogen-bond acceptors (Lipinski definition) is 2. The van der Waals surface area contributed by atoms with E-state index in [-0.39, 0.29) is 17.1 Å². The molecule has 4 fully saturated rings. The van der Waals surface area contributed by atoms with Gasteiger partial charge in [0.2, 0.25) is 0 Å². The van der Waals surface area contributed by atoms with Gasteiger partial charge in [0.15, 0.2) is 0 Å². The van der Waals surface area contributed by atoms with Crippen LogP contribution in [-0.2, 0) is 4.74 Å². The SMILES string of the molecule is C[C@]12CC[C@H]3[C@@H](C[C@@H]4O[C@@]45C[C@@H](O)CC[C@]35C)[C@@H]1CC=C2c1ccccc1. The second-order valence-electron chi connectivity index (χ2n) is 10.6. The summed E-state index contributed by atoms with van der Waals surface area (Å²) >= 11 is 0. The average molecular weight is 365 g/mol. The lowest BCUT2D eigenvalue weighted by molar-refractivity contribution is -0.102. The van der Waals surface area contributed by atoms with Crippen LogP contribution < -0.4 is 0 Å². The Labute approximate surface area is 163 Å². The molecular weight excluding hydrogens is 332 g/mol. The molecule has 1 aliphatic heterocycles. The highest BCUT2D eigenvalue weighted by atomic mass is 16.6. The Morgan fingerprint density at radius 2 is 1.85 bits per heavy atom. The molecule has 2 heteroatoms. The lowest BCUT2D eigenvalue weighted by atomic mass is 9.44. The lowest BCUT2D eigenvalue weighted by Gasteiger charge is -2.59. The van der Waals surface area contributed by atoms with Crippen molar-refractivity contribution in [2.45, 2.75) is 76.6 Å². The Morgan fingerprint density at radius 1 is 1.04 bits per heavy atom. The highest BCUT2D eigenvalue weighted by molar-refractivity contribution is 5.72. The standard InChI is InChI=1S/C25H32O2/c1-23-12-11-21-18(20(23)9-8-19(23)16-6-4-3-5-7-16)14-22-25(27-22)15-17(26)10-13-24(21,25)2/h3-8,17-18,20-22,26H,9-15H2,1-2H3/t17-,18-,20-,21-,22-,23+,24+,25-/m0/s1. The molecule has 27 heavy (non-hydrogen) atoms. The Kier molecular flexibility index (Phi) is 3.28. The summed E-state index contributed by atoms with van der Waals surface area (Å²) < 4.78 is 6.45. The van der Waals surface area contributed by atoms with Crippen molar-refractivity contribution in [1.29, 1.82) is 0 Å². The van der Waals surface area contributed by atoms with E-state index in [9.17, 15) is 5.11 Å². The Morgan fingerprint density at radius 3 is 2.67 bits per heavy atom. The molecule has 0 bridgehead atoms. The van der Waals surface area contributed by atoms with Crippen LogP contribution in [0, 0.1) is 28.6 Å². The van der Waals surface area contributed by atoms with Crippen LogP contribution in [0.4, 0.5) is 0 Å². The number of aliphatic hydroxyl groups is 1. The van der Waals surface area contributed by atoms with Gasteiger partial charge in [-0.25, -0.2) is 0 Å². The van der Waals surface area contributed by atoms with Crippen molar-refractivity contribution in [3.05, 3.63) is 42.0 Å². The highest BCUT2D eigenvalue weighted by Crippen LogP contribution is 2.73. The lowest BCUT2D eigenvalue weighted by Crippen LogP contribution is -2.58. The van der Waals surface area contributed by atoms with Crippen LogP contribution in [0.1, 0.15) is 64.4 Å². The van der Waals surface area contributed by atoms with Crippen LogP contribution in [0.2, 0.25) is 0 Å². The molecule has 1 N–H and O–H groups in total. The molecule has 0 aromatic heterocycles. The zero-order valence-electron chi connectivity index (χ0n) is 16.7. The summed E-state index contributed by atoms with van der Waals surface area (Å²) in [5, 5.41) is 10.3. The van der Waals surface area contributed by atoms with Crippen LogP contribution in [0.15, 0.2) is 36.4 Å². The summed E-state index contributed by atoms with van der Waals surface area (Å²) in [5.74, 6) is 2.31. The number of hydrogen-bond donors (Lipinski definition) is 1. The zero-order chi connectivity index (χ0) is 18.4. The van der Waals surface area contributed by atoms with Crippen molar-refractivity contribution in [2.75, 3.05) is 0 Å². The Bertz CT molecular complexity index is 800. The second-order valence-corrected chi connectivity index (χ2v) is 10.6. The fraction of sp³-hybridized carbons (Fsp3) is 0.680. The molecule has 0 radical (unpaired) electrons. The third-order valence-electron chi connectivity index (χ3n) is 9.73. The smallest absolute Gasteiger partial charge is 0.103 e. The summed E-state index contributed by atoms with van der Waals surface area (Å²) in [6, 6.07) is 11.1. The van der Waals surface area contributed by atoms with Gasteiger partial charge in [-0.15, -0.1) is 0 Å². The molecule has 2 nitrogen and oxygen atoms in total. The summed E-state index contributed by atoms with van der Waals surface area (Å²) in [7, 11) is 0. The Balaban J connectivity index is 1.35. The van der Waals surface area contributed by atoms with E-state index in [4.69, 9.17) is 4.74 Å². The predicted molar refractivity (Wildman–Crippen MR) is 107 cm³/mol. The molecule has 5 aliphatic rings. The van der Waals surface area contributed by atoms with Gasteiger partial charge in [0, 0.05) is 11.8 Å². The molecule has 1 aromatic carbocycles. The maximum absolute atomic E-state index is 10.3. The molecular formula is C25H32O2. The highest BCUT2D eigenvalue weighted by Gasteiger charge is 2.75. The molecule has 144 valence electrons. The van der Waals surface area contributed by atoms with Gasteiger partial charge in [0.05, 0.1) is 12.2 Å². The largest absolute Gasteiger partial charge is 0.393 e. The third kappa shape index (κ3) is 1.99. The topological polar surface area (TPSA) is 32.8 Å². The molecule has 1 spiro atoms. The van der Waals surface area contributed by atoms with Crippen LogP contribution in [0.25, 0.3) is 5.57 Å². The second kappa shape index (κ2) is 5.27. The van der Waals surface area contributed by atoms with E-state index in [0.29, 0.717) is 11.5 Å². The first-order valence-corrected chi connectivity index (χ1v) is 11.1. The minimum atomic E-state index is -0.147. The van der Waals surface area contributed by atoms with Gasteiger partial charge >= 0.3 is 0 Å². The van der Waals surface area contributed by atoms with Crippen molar-refractivity contribution in [3.8, 4) is 0 Å². The van der Waals surface area contributed by atoms with Gasteiger partial charge in [-0.2, -0.15) is 0 Å². The van der Waals surface area contributed by atoms with E-state index >= 15 is 0 Å². The molecule has 1 aromatic rings. The maximum atomic E-state index is 10.3. The molecule has 8 atom stereocenters. The molecule has 0 amide bonds. The van der Waals surface area contributed by atoms with Gasteiger partial charge < -0.3 is 9.84 Å². The zero-order valence-corrected chi connectivity index (χ0v) is 16.7. The average Bonchev–Trinajstić information content (AvgIpc) is 3.24. The fourth-order valence-corrected chi connectivity index (χ4v) is 8.29. The first-order chi connectivity index (χ1) is 13.0. The minimum absolute atomic E-state index is 0.00781. The van der Waals surface area contributed by atoms with Crippen LogP contribution in [-0.4, -0.2) is 22.9 Å². The number of ether oxygens (including phenoxy) is 1. The van der Waals surface area contributed by atoms with Gasteiger partial charge in [0.1, 0.15) is 5.60 Å². The first kappa shape index (κ1) is 16.8. The normalized spacial score (nSPS) is 52.9. The summed E-state index contributed by atoms with van der Waals surface area (Å²) in [4.78, 5) is 0. The van der Waals surface area contributed by atoms with Crippen molar-refractivity contribution in [2.24, 2.45) is 28.6 Å². The third-order valence-corrected chi connectivity index (χ3v) is 9.73. The van der Waals surface area contributed by atoms with E-state index in [1.54, 1.807) is 5.57 Å². The maximum Gasteiger partial charge on any atom is 0.103 e. The number of rotatable bonds is 1. The van der Waals surface area contributed by atoms with Gasteiger partial charge in [-0.1, -0.05) is 50.3 Å². The molecule has 0 unspecified atom stereocenters. The van der Waals surface area contributed by atoms with Crippen molar-refractivity contribution in [3.63, 3.8) is 0 Å². The molecule has 1 heterocycles. The molecule has 4 aliphatic carbocycles. The Hall–Kier alpha value is -1.12. The first-order valence-electron chi connectivity index (χ1n) is 11.1. The number of benzene rings is 1. The molecule has 3 saturated carbocycles. The van der Waals surface area contributed by atoms with E-state index in [1.807, 2.05) is 0 Å². The minimum Gasteiger partial charge on any atom is -0.393 e. The van der Waals surface area contributed by atoms with Gasteiger partial charge in [0.25, 0.3) is 0 Å². The monoisotopic (exact) mass is 364 g/mol. The number of aliphatic hydroxyl groups excluding tert-OH is 1. The van der Waals surface area contributed by atoms with E-state index in [0.717, 1.165) is 37.0 Å². The van der Waals surface area contributed by atoms with Crippen molar-refractivity contribution >= 4 is 5.57 Å². The van der Waals surface area contributed by atoms with E-state index in [1.165, 1.54) is 31.2 Å². The summed E-state index contributed by atoms with van der Waals surface area (Å²) in [6.07, 6.45) is 10.9.